The van der Waals surface area contributed by atoms with Gasteiger partial charge in [-0.25, -0.2) is 9.67 Å². The van der Waals surface area contributed by atoms with Gasteiger partial charge in [-0.15, -0.1) is 24.0 Å². The van der Waals surface area contributed by atoms with Crippen LogP contribution in [0, 0.1) is 0 Å². The van der Waals surface area contributed by atoms with E-state index in [1.165, 1.54) is 12.1 Å². The number of pyridine rings is 1. The zero-order valence-electron chi connectivity index (χ0n) is 16.6. The topological polar surface area (TPSA) is 76.4 Å². The Morgan fingerprint density at radius 3 is 2.39 bits per heavy atom. The summed E-state index contributed by atoms with van der Waals surface area (Å²) >= 11 is 0. The third-order valence-electron chi connectivity index (χ3n) is 4.02. The predicted molar refractivity (Wildman–Crippen MR) is 122 cm³/mol. The van der Waals surface area contributed by atoms with Crippen molar-refractivity contribution in [3.8, 4) is 11.6 Å². The van der Waals surface area contributed by atoms with Gasteiger partial charge in [0.15, 0.2) is 18.4 Å². The summed E-state index contributed by atoms with van der Waals surface area (Å²) in [6.45, 7) is -0.326. The van der Waals surface area contributed by atoms with Gasteiger partial charge in [0.25, 0.3) is 0 Å². The van der Waals surface area contributed by atoms with E-state index in [1.54, 1.807) is 36.3 Å². The molecule has 0 spiro atoms. The van der Waals surface area contributed by atoms with Gasteiger partial charge in [-0.2, -0.15) is 18.3 Å². The van der Waals surface area contributed by atoms with Crippen molar-refractivity contribution in [1.82, 2.24) is 25.4 Å². The third-order valence-corrected chi connectivity index (χ3v) is 4.02. The maximum absolute atomic E-state index is 12.2. The van der Waals surface area contributed by atoms with E-state index in [9.17, 15) is 13.2 Å². The smallest absolute Gasteiger partial charge is 0.422 e. The molecule has 0 saturated carbocycles. The van der Waals surface area contributed by atoms with E-state index in [-0.39, 0.29) is 29.7 Å². The molecular formula is C20H22F3IN6O. The van der Waals surface area contributed by atoms with E-state index in [0.29, 0.717) is 19.0 Å². The summed E-state index contributed by atoms with van der Waals surface area (Å²) in [6.07, 6.45) is 0.867. The first-order valence-electron chi connectivity index (χ1n) is 9.11. The number of nitrogens with one attached hydrogen (secondary N) is 2. The van der Waals surface area contributed by atoms with Crippen LogP contribution in [0.15, 0.2) is 66.0 Å². The fraction of sp³-hybridized carbons (Fsp3) is 0.250. The summed E-state index contributed by atoms with van der Waals surface area (Å²) in [5.41, 5.74) is 1.88. The van der Waals surface area contributed by atoms with Crippen LogP contribution in [0.5, 0.6) is 5.75 Å². The Labute approximate surface area is 194 Å². The number of ether oxygens (including phenoxy) is 1. The molecule has 2 N–H and O–H groups in total. The van der Waals surface area contributed by atoms with E-state index in [2.05, 4.69) is 25.7 Å². The summed E-state index contributed by atoms with van der Waals surface area (Å²) in [4.78, 5) is 8.47. The lowest BCUT2D eigenvalue weighted by molar-refractivity contribution is -0.153. The van der Waals surface area contributed by atoms with E-state index in [1.807, 2.05) is 24.4 Å². The van der Waals surface area contributed by atoms with Gasteiger partial charge >= 0.3 is 6.18 Å². The molecule has 0 atom stereocenters. The maximum atomic E-state index is 12.2. The minimum Gasteiger partial charge on any atom is -0.484 e. The number of hydrogen-bond acceptors (Lipinski definition) is 4. The Morgan fingerprint density at radius 2 is 1.77 bits per heavy atom. The highest BCUT2D eigenvalue weighted by molar-refractivity contribution is 14.0. The van der Waals surface area contributed by atoms with Crippen molar-refractivity contribution in [1.29, 1.82) is 0 Å². The van der Waals surface area contributed by atoms with E-state index >= 15 is 0 Å². The number of alkyl halides is 3. The molecular weight excluding hydrogens is 524 g/mol. The van der Waals surface area contributed by atoms with E-state index in [4.69, 9.17) is 4.74 Å². The van der Waals surface area contributed by atoms with Crippen molar-refractivity contribution in [2.24, 2.45) is 4.99 Å². The van der Waals surface area contributed by atoms with Gasteiger partial charge in [-0.1, -0.05) is 12.1 Å². The molecule has 2 heterocycles. The Balaban J connectivity index is 0.00000341. The second-order valence-electron chi connectivity index (χ2n) is 6.30. The number of nitrogens with zero attached hydrogens (tertiary/aromatic N) is 4. The van der Waals surface area contributed by atoms with Crippen LogP contribution < -0.4 is 15.4 Å². The summed E-state index contributed by atoms with van der Waals surface area (Å²) in [5.74, 6) is 1.48. The molecule has 166 valence electrons. The summed E-state index contributed by atoms with van der Waals surface area (Å²) in [5, 5.41) is 10.5. The lowest BCUT2D eigenvalue weighted by Crippen LogP contribution is -2.36. The fourth-order valence-corrected chi connectivity index (χ4v) is 2.56. The van der Waals surface area contributed by atoms with Crippen LogP contribution in [0.3, 0.4) is 0 Å². The molecule has 0 aliphatic heterocycles. The van der Waals surface area contributed by atoms with E-state index < -0.39 is 12.8 Å². The highest BCUT2D eigenvalue weighted by Gasteiger charge is 2.28. The van der Waals surface area contributed by atoms with E-state index in [0.717, 1.165) is 16.9 Å². The molecule has 3 rings (SSSR count). The Hall–Kier alpha value is -2.83. The van der Waals surface area contributed by atoms with Crippen LogP contribution in [0.4, 0.5) is 13.2 Å². The molecule has 0 radical (unpaired) electrons. The Kier molecular flexibility index (Phi) is 9.09. The second-order valence-corrected chi connectivity index (χ2v) is 6.30. The lowest BCUT2D eigenvalue weighted by atomic mass is 10.2. The molecule has 0 aliphatic rings. The van der Waals surface area contributed by atoms with Crippen LogP contribution in [0.25, 0.3) is 5.82 Å². The van der Waals surface area contributed by atoms with Gasteiger partial charge in [0.2, 0.25) is 0 Å². The first kappa shape index (κ1) is 24.4. The van der Waals surface area contributed by atoms with Crippen molar-refractivity contribution < 1.29 is 17.9 Å². The van der Waals surface area contributed by atoms with Crippen LogP contribution >= 0.6 is 24.0 Å². The first-order valence-corrected chi connectivity index (χ1v) is 9.11. The number of rotatable bonds is 7. The molecule has 0 fully saturated rings. The van der Waals surface area contributed by atoms with Crippen molar-refractivity contribution >= 4 is 29.9 Å². The fourth-order valence-electron chi connectivity index (χ4n) is 2.56. The van der Waals surface area contributed by atoms with Gasteiger partial charge in [0.05, 0.1) is 0 Å². The molecule has 0 bridgehead atoms. The average Bonchev–Trinajstić information content (AvgIpc) is 3.28. The van der Waals surface area contributed by atoms with Gasteiger partial charge in [0.1, 0.15) is 5.75 Å². The SMILES string of the molecule is CN=C(NCc1ccc(OCC(F)(F)F)cc1)NCc1ccnc(-n2cccn2)c1.I. The zero-order valence-corrected chi connectivity index (χ0v) is 19.0. The summed E-state index contributed by atoms with van der Waals surface area (Å²) in [6, 6.07) is 12.1. The number of guanidine groups is 1. The van der Waals surface area contributed by atoms with Crippen LogP contribution in [-0.2, 0) is 13.1 Å². The van der Waals surface area contributed by atoms with Gasteiger partial charge in [0, 0.05) is 38.7 Å². The third kappa shape index (κ3) is 8.07. The minimum atomic E-state index is -4.35. The highest BCUT2D eigenvalue weighted by atomic mass is 127. The monoisotopic (exact) mass is 546 g/mol. The predicted octanol–water partition coefficient (Wildman–Crippen LogP) is 3.69. The highest BCUT2D eigenvalue weighted by Crippen LogP contribution is 2.18. The van der Waals surface area contributed by atoms with Crippen LogP contribution in [0.1, 0.15) is 11.1 Å². The van der Waals surface area contributed by atoms with Crippen molar-refractivity contribution in [3.63, 3.8) is 0 Å². The largest absolute Gasteiger partial charge is 0.484 e. The summed E-state index contributed by atoms with van der Waals surface area (Å²) < 4.78 is 43.0. The number of aliphatic imine (C=N–C) groups is 1. The average molecular weight is 546 g/mol. The first-order chi connectivity index (χ1) is 14.4. The molecule has 11 heteroatoms. The quantitative estimate of drug-likeness (QED) is 0.269. The standard InChI is InChI=1S/C20H21F3N6O.HI/c1-24-19(26-12-15-3-5-17(6-4-15)30-14-20(21,22)23)27-13-16-7-9-25-18(11-16)29-10-2-8-28-29;/h2-11H,12-14H2,1H3,(H2,24,26,27);1H. The molecule has 7 nitrogen and oxygen atoms in total. The molecule has 1 aromatic carbocycles. The Bertz CT molecular complexity index is 962. The number of benzene rings is 1. The molecule has 2 aromatic heterocycles. The van der Waals surface area contributed by atoms with Crippen LogP contribution in [-0.4, -0.2) is 40.6 Å². The lowest BCUT2D eigenvalue weighted by Gasteiger charge is -2.13. The Morgan fingerprint density at radius 1 is 1.06 bits per heavy atom. The number of hydrogen-bond donors (Lipinski definition) is 2. The zero-order chi connectivity index (χ0) is 21.4. The molecule has 3 aromatic rings. The molecule has 31 heavy (non-hydrogen) atoms. The molecule has 0 saturated heterocycles. The van der Waals surface area contributed by atoms with Gasteiger partial charge in [-0.05, 0) is 41.5 Å². The van der Waals surface area contributed by atoms with Crippen molar-refractivity contribution in [2.75, 3.05) is 13.7 Å². The molecule has 0 aliphatic carbocycles. The maximum Gasteiger partial charge on any atom is 0.422 e. The minimum absolute atomic E-state index is 0. The van der Waals surface area contributed by atoms with Crippen molar-refractivity contribution in [2.45, 2.75) is 19.3 Å². The number of halogens is 4. The van der Waals surface area contributed by atoms with Crippen molar-refractivity contribution in [3.05, 3.63) is 72.2 Å². The van der Waals surface area contributed by atoms with Gasteiger partial charge in [-0.3, -0.25) is 4.99 Å². The van der Waals surface area contributed by atoms with Crippen LogP contribution in [0.2, 0.25) is 0 Å². The second kappa shape index (κ2) is 11.5. The summed E-state index contributed by atoms with van der Waals surface area (Å²) in [7, 11) is 1.66. The van der Waals surface area contributed by atoms with Gasteiger partial charge < -0.3 is 15.4 Å². The normalized spacial score (nSPS) is 11.5. The number of aromatic nitrogens is 3. The molecule has 0 unspecified atom stereocenters. The molecule has 0 amide bonds.